The molecule has 0 atom stereocenters. The molecule has 0 saturated heterocycles. The van der Waals surface area contributed by atoms with Gasteiger partial charge in [0.05, 0.1) is 0 Å². The van der Waals surface area contributed by atoms with E-state index in [1.165, 1.54) is 0 Å². The zero-order valence-corrected chi connectivity index (χ0v) is 13.8. The Morgan fingerprint density at radius 3 is 1.18 bits per heavy atom. The summed E-state index contributed by atoms with van der Waals surface area (Å²) < 4.78 is 3.39. The van der Waals surface area contributed by atoms with E-state index in [9.17, 15) is 0 Å². The fraction of sp³-hybridized carbons (Fsp3) is 1.00. The first kappa shape index (κ1) is 12.2. The SMILES string of the molecule is C[Si](C)(C)[CH2][Sn][CH2][Si](C)(C)C. The Bertz CT molecular complexity index is 96.2. The summed E-state index contributed by atoms with van der Waals surface area (Å²) in [6.45, 7) is 15.1. The van der Waals surface area contributed by atoms with Crippen molar-refractivity contribution in [2.24, 2.45) is 0 Å². The van der Waals surface area contributed by atoms with Gasteiger partial charge in [-0.2, -0.15) is 0 Å². The maximum absolute atomic E-state index is 2.51. The predicted molar refractivity (Wildman–Crippen MR) is 62.1 cm³/mol. The molecule has 0 spiro atoms. The molecule has 0 aromatic heterocycles. The van der Waals surface area contributed by atoms with E-state index in [1.54, 1.807) is 8.12 Å². The van der Waals surface area contributed by atoms with Gasteiger partial charge in [0.25, 0.3) is 0 Å². The van der Waals surface area contributed by atoms with Gasteiger partial charge in [0, 0.05) is 0 Å². The fourth-order valence-electron chi connectivity index (χ4n) is 0.812. The number of rotatable bonds is 4. The molecule has 0 amide bonds. The van der Waals surface area contributed by atoms with Gasteiger partial charge in [0.1, 0.15) is 0 Å². The second-order valence-electron chi connectivity index (χ2n) is 5.72. The molecule has 0 heterocycles. The summed E-state index contributed by atoms with van der Waals surface area (Å²) >= 11 is 0.0654. The second kappa shape index (κ2) is 4.46. The van der Waals surface area contributed by atoms with Crippen LogP contribution in [-0.4, -0.2) is 37.3 Å². The number of hydrogen-bond donors (Lipinski definition) is 0. The van der Waals surface area contributed by atoms with Crippen molar-refractivity contribution in [2.75, 3.05) is 0 Å². The molecule has 3 heteroatoms. The third kappa shape index (κ3) is 11.2. The van der Waals surface area contributed by atoms with Gasteiger partial charge in [-0.25, -0.2) is 0 Å². The van der Waals surface area contributed by atoms with Crippen molar-refractivity contribution in [2.45, 2.75) is 47.4 Å². The van der Waals surface area contributed by atoms with Crippen LogP contribution in [0.15, 0.2) is 0 Å². The molecule has 0 nitrogen and oxygen atoms in total. The van der Waals surface area contributed by atoms with Crippen molar-refractivity contribution in [1.29, 1.82) is 0 Å². The Morgan fingerprint density at radius 2 is 1.00 bits per heavy atom. The molecule has 0 aliphatic heterocycles. The van der Waals surface area contributed by atoms with Crippen LogP contribution in [0.3, 0.4) is 0 Å². The van der Waals surface area contributed by atoms with Crippen LogP contribution in [-0.2, 0) is 0 Å². The summed E-state index contributed by atoms with van der Waals surface area (Å²) in [5.41, 5.74) is 0. The molecule has 0 aliphatic rings. The molecule has 0 saturated carbocycles. The zero-order chi connectivity index (χ0) is 9.12. The molecule has 11 heavy (non-hydrogen) atoms. The van der Waals surface area contributed by atoms with Crippen LogP contribution in [0.4, 0.5) is 0 Å². The van der Waals surface area contributed by atoms with E-state index in [0.717, 1.165) is 0 Å². The van der Waals surface area contributed by atoms with Gasteiger partial charge in [-0.05, 0) is 0 Å². The molecule has 0 bridgehead atoms. The molecule has 66 valence electrons. The van der Waals surface area contributed by atoms with E-state index < -0.39 is 16.1 Å². The fourth-order valence-corrected chi connectivity index (χ4v) is 18.9. The molecule has 0 aliphatic carbocycles. The zero-order valence-electron chi connectivity index (χ0n) is 8.91. The van der Waals surface area contributed by atoms with E-state index in [0.29, 0.717) is 0 Å². The Hall–Kier alpha value is 1.23. The van der Waals surface area contributed by atoms with Crippen molar-refractivity contribution in [3.05, 3.63) is 0 Å². The monoisotopic (exact) mass is 294 g/mol. The van der Waals surface area contributed by atoms with Gasteiger partial charge in [-0.15, -0.1) is 0 Å². The quantitative estimate of drug-likeness (QED) is 0.698. The normalized spacial score (nSPS) is 13.6. The molecule has 0 fully saturated rings. The van der Waals surface area contributed by atoms with Crippen molar-refractivity contribution < 1.29 is 0 Å². The van der Waals surface area contributed by atoms with Crippen LogP contribution in [0.2, 0.25) is 47.4 Å². The first-order valence-corrected chi connectivity index (χ1v) is 15.9. The van der Waals surface area contributed by atoms with Crippen LogP contribution in [0.1, 0.15) is 0 Å². The summed E-state index contributed by atoms with van der Waals surface area (Å²) in [5, 5.41) is 0. The topological polar surface area (TPSA) is 0 Å². The van der Waals surface area contributed by atoms with Gasteiger partial charge in [0.15, 0.2) is 0 Å². The van der Waals surface area contributed by atoms with Crippen LogP contribution in [0.25, 0.3) is 0 Å². The summed E-state index contributed by atoms with van der Waals surface area (Å²) in [7, 11) is -1.32. The summed E-state index contributed by atoms with van der Waals surface area (Å²) in [5.74, 6) is 0. The molecular weight excluding hydrogens is 271 g/mol. The third-order valence-electron chi connectivity index (χ3n) is 1.31. The third-order valence-corrected chi connectivity index (χ3v) is 26.4. The van der Waals surface area contributed by atoms with Crippen molar-refractivity contribution in [3.63, 3.8) is 0 Å². The average molecular weight is 293 g/mol. The molecule has 0 aromatic rings. The molecular formula is C8H22Si2Sn. The first-order valence-electron chi connectivity index (χ1n) is 4.41. The number of hydrogen-bond acceptors (Lipinski definition) is 0. The first-order chi connectivity index (χ1) is 4.71. The molecule has 0 N–H and O–H groups in total. The van der Waals surface area contributed by atoms with E-state index in [1.807, 2.05) is 0 Å². The van der Waals surface area contributed by atoms with Crippen LogP contribution < -0.4 is 0 Å². The molecule has 0 unspecified atom stereocenters. The predicted octanol–water partition coefficient (Wildman–Crippen LogP) is 3.28. The minimum absolute atomic E-state index is 0.0654. The average Bonchev–Trinajstić information content (AvgIpc) is 1.55. The van der Waals surface area contributed by atoms with Gasteiger partial charge in [-0.1, -0.05) is 0 Å². The second-order valence-corrected chi connectivity index (χ2v) is 24.2. The molecule has 0 aromatic carbocycles. The summed E-state index contributed by atoms with van der Waals surface area (Å²) in [6.07, 6.45) is 0. The molecule has 0 rings (SSSR count). The van der Waals surface area contributed by atoms with Gasteiger partial charge >= 0.3 is 84.7 Å². The van der Waals surface area contributed by atoms with Crippen LogP contribution >= 0.6 is 0 Å². The van der Waals surface area contributed by atoms with Crippen molar-refractivity contribution in [3.8, 4) is 0 Å². The summed E-state index contributed by atoms with van der Waals surface area (Å²) in [4.78, 5) is 0. The standard InChI is InChI=1S/2C4H11Si.Sn/c2*1-5(2,3)4;/h2*1H2,2-4H3;. The Balaban J connectivity index is 3.44. The maximum atomic E-state index is 2.51. The summed E-state index contributed by atoms with van der Waals surface area (Å²) in [6, 6.07) is 0. The van der Waals surface area contributed by atoms with E-state index >= 15 is 0 Å². The van der Waals surface area contributed by atoms with Crippen molar-refractivity contribution >= 4 is 37.3 Å². The van der Waals surface area contributed by atoms with Crippen LogP contribution in [0.5, 0.6) is 0 Å². The van der Waals surface area contributed by atoms with Gasteiger partial charge in [-0.3, -0.25) is 0 Å². The Kier molecular flexibility index (Phi) is 4.96. The Labute approximate surface area is 84.4 Å². The van der Waals surface area contributed by atoms with Crippen LogP contribution in [0, 0.1) is 0 Å². The van der Waals surface area contributed by atoms with E-state index in [-0.39, 0.29) is 21.1 Å². The molecule has 2 radical (unpaired) electrons. The van der Waals surface area contributed by atoms with Crippen molar-refractivity contribution in [1.82, 2.24) is 0 Å². The van der Waals surface area contributed by atoms with Gasteiger partial charge < -0.3 is 0 Å². The minimum atomic E-state index is -0.659. The van der Waals surface area contributed by atoms with E-state index in [2.05, 4.69) is 39.3 Å². The van der Waals surface area contributed by atoms with Gasteiger partial charge in [0.2, 0.25) is 0 Å². The Morgan fingerprint density at radius 1 is 0.727 bits per heavy atom. The van der Waals surface area contributed by atoms with E-state index in [4.69, 9.17) is 0 Å².